The molecule has 0 saturated heterocycles. The Balaban J connectivity index is 1.82. The fourth-order valence-electron chi connectivity index (χ4n) is 3.15. The van der Waals surface area contributed by atoms with Gasteiger partial charge < -0.3 is 10.0 Å². The molecule has 0 spiro atoms. The lowest BCUT2D eigenvalue weighted by molar-refractivity contribution is 0.213. The van der Waals surface area contributed by atoms with Crippen molar-refractivity contribution in [3.8, 4) is 23.1 Å². The third-order valence-corrected chi connectivity index (χ3v) is 4.56. The first-order valence-electron chi connectivity index (χ1n) is 8.04. The molecule has 1 heterocycles. The molecule has 1 aromatic carbocycles. The zero-order valence-electron chi connectivity index (χ0n) is 13.5. The average Bonchev–Trinajstić information content (AvgIpc) is 2.61. The Bertz CT molecular complexity index is 757. The maximum atomic E-state index is 14.1. The standard InChI is InChI=1S/C18H19FN4O/c1-23(16-5-3-2-4-14(16)19)18-9-8-15(21-22-18)13-7-6-12(11-20)10-17(13)24/h6-10,14,16,24H,2-5H2,1H3/t14-,16+/m1/s1. The van der Waals surface area contributed by atoms with Gasteiger partial charge in [0.15, 0.2) is 5.82 Å². The maximum Gasteiger partial charge on any atom is 0.151 e. The van der Waals surface area contributed by atoms with Gasteiger partial charge in [0.05, 0.1) is 23.4 Å². The lowest BCUT2D eigenvalue weighted by atomic mass is 9.92. The largest absolute Gasteiger partial charge is 0.507 e. The predicted molar refractivity (Wildman–Crippen MR) is 89.4 cm³/mol. The highest BCUT2D eigenvalue weighted by molar-refractivity contribution is 5.68. The van der Waals surface area contributed by atoms with Gasteiger partial charge in [0.25, 0.3) is 0 Å². The highest BCUT2D eigenvalue weighted by Gasteiger charge is 2.29. The second-order valence-corrected chi connectivity index (χ2v) is 6.10. The number of hydrogen-bond donors (Lipinski definition) is 1. The highest BCUT2D eigenvalue weighted by atomic mass is 19.1. The molecule has 0 amide bonds. The number of nitrogens with zero attached hydrogens (tertiary/aromatic N) is 4. The maximum absolute atomic E-state index is 14.1. The first-order chi connectivity index (χ1) is 11.6. The normalized spacial score (nSPS) is 20.4. The summed E-state index contributed by atoms with van der Waals surface area (Å²) in [5.41, 5.74) is 1.40. The Kier molecular flexibility index (Phi) is 4.61. The Labute approximate surface area is 140 Å². The molecule has 1 aliphatic carbocycles. The molecule has 6 heteroatoms. The summed E-state index contributed by atoms with van der Waals surface area (Å²) in [7, 11) is 1.84. The van der Waals surface area contributed by atoms with Crippen molar-refractivity contribution in [1.29, 1.82) is 5.26 Å². The van der Waals surface area contributed by atoms with E-state index < -0.39 is 6.17 Å². The Morgan fingerprint density at radius 2 is 2.00 bits per heavy atom. The quantitative estimate of drug-likeness (QED) is 0.935. The second-order valence-electron chi connectivity index (χ2n) is 6.10. The van der Waals surface area contributed by atoms with E-state index in [0.29, 0.717) is 29.1 Å². The third-order valence-electron chi connectivity index (χ3n) is 4.56. The molecular formula is C18H19FN4O. The van der Waals surface area contributed by atoms with Crippen LogP contribution in [0.5, 0.6) is 5.75 Å². The molecule has 1 saturated carbocycles. The van der Waals surface area contributed by atoms with Gasteiger partial charge in [0, 0.05) is 12.6 Å². The summed E-state index contributed by atoms with van der Waals surface area (Å²) in [6, 6.07) is 9.99. The molecule has 1 aromatic heterocycles. The highest BCUT2D eigenvalue weighted by Crippen LogP contribution is 2.30. The number of hydrogen-bond acceptors (Lipinski definition) is 5. The molecule has 24 heavy (non-hydrogen) atoms. The number of anilines is 1. The summed E-state index contributed by atoms with van der Waals surface area (Å²) in [5, 5.41) is 27.2. The van der Waals surface area contributed by atoms with Crippen LogP contribution in [-0.2, 0) is 0 Å². The van der Waals surface area contributed by atoms with Crippen molar-refractivity contribution in [2.45, 2.75) is 37.9 Å². The summed E-state index contributed by atoms with van der Waals surface area (Å²) in [6.45, 7) is 0. The van der Waals surface area contributed by atoms with Crippen molar-refractivity contribution in [2.75, 3.05) is 11.9 Å². The number of nitriles is 1. The first-order valence-corrected chi connectivity index (χ1v) is 8.04. The number of rotatable bonds is 3. The topological polar surface area (TPSA) is 73.0 Å². The number of phenols is 1. The van der Waals surface area contributed by atoms with E-state index in [9.17, 15) is 9.50 Å². The van der Waals surface area contributed by atoms with E-state index in [-0.39, 0.29) is 11.8 Å². The van der Waals surface area contributed by atoms with Crippen molar-refractivity contribution in [1.82, 2.24) is 10.2 Å². The van der Waals surface area contributed by atoms with Crippen LogP contribution in [0.2, 0.25) is 0 Å². The second kappa shape index (κ2) is 6.83. The number of aromatic hydroxyl groups is 1. The van der Waals surface area contributed by atoms with Crippen molar-refractivity contribution in [3.05, 3.63) is 35.9 Å². The molecule has 2 atom stereocenters. The minimum absolute atomic E-state index is 0.0134. The van der Waals surface area contributed by atoms with Crippen molar-refractivity contribution in [3.63, 3.8) is 0 Å². The van der Waals surface area contributed by atoms with Crippen LogP contribution in [0.15, 0.2) is 30.3 Å². The van der Waals surface area contributed by atoms with E-state index in [4.69, 9.17) is 5.26 Å². The van der Waals surface area contributed by atoms with Crippen LogP contribution in [0, 0.1) is 11.3 Å². The third kappa shape index (κ3) is 3.16. The Morgan fingerprint density at radius 1 is 1.21 bits per heavy atom. The van der Waals surface area contributed by atoms with E-state index >= 15 is 0 Å². The van der Waals surface area contributed by atoms with Crippen LogP contribution in [-0.4, -0.2) is 34.6 Å². The van der Waals surface area contributed by atoms with Gasteiger partial charge in [-0.2, -0.15) is 5.26 Å². The number of phenolic OH excluding ortho intramolecular Hbond substituents is 1. The average molecular weight is 326 g/mol. The van der Waals surface area contributed by atoms with Crippen molar-refractivity contribution in [2.24, 2.45) is 0 Å². The van der Waals surface area contributed by atoms with Gasteiger partial charge in [0.2, 0.25) is 0 Å². The summed E-state index contributed by atoms with van der Waals surface area (Å²) < 4.78 is 14.1. The number of halogens is 1. The molecule has 124 valence electrons. The number of aromatic nitrogens is 2. The molecule has 3 rings (SSSR count). The van der Waals surface area contributed by atoms with Gasteiger partial charge in [-0.05, 0) is 43.2 Å². The Hall–Kier alpha value is -2.68. The monoisotopic (exact) mass is 326 g/mol. The minimum atomic E-state index is -0.840. The molecule has 5 nitrogen and oxygen atoms in total. The van der Waals surface area contributed by atoms with Gasteiger partial charge >= 0.3 is 0 Å². The molecule has 2 aromatic rings. The van der Waals surface area contributed by atoms with Gasteiger partial charge in [-0.15, -0.1) is 10.2 Å². The molecule has 1 fully saturated rings. The number of alkyl halides is 1. The van der Waals surface area contributed by atoms with Gasteiger partial charge in [-0.25, -0.2) is 4.39 Å². The molecule has 0 unspecified atom stereocenters. The summed E-state index contributed by atoms with van der Waals surface area (Å²) in [6.07, 6.45) is 2.54. The lowest BCUT2D eigenvalue weighted by Crippen LogP contribution is -2.41. The van der Waals surface area contributed by atoms with E-state index in [2.05, 4.69) is 10.2 Å². The van der Waals surface area contributed by atoms with Crippen LogP contribution < -0.4 is 4.90 Å². The molecular weight excluding hydrogens is 307 g/mol. The van der Waals surface area contributed by atoms with Gasteiger partial charge in [-0.3, -0.25) is 0 Å². The van der Waals surface area contributed by atoms with Crippen LogP contribution in [0.25, 0.3) is 11.3 Å². The zero-order chi connectivity index (χ0) is 17.1. The summed E-state index contributed by atoms with van der Waals surface area (Å²) >= 11 is 0. The van der Waals surface area contributed by atoms with Gasteiger partial charge in [0.1, 0.15) is 11.9 Å². The van der Waals surface area contributed by atoms with E-state index in [1.54, 1.807) is 24.3 Å². The molecule has 1 N–H and O–H groups in total. The first kappa shape index (κ1) is 16.2. The van der Waals surface area contributed by atoms with Crippen LogP contribution in [0.4, 0.5) is 10.2 Å². The zero-order valence-corrected chi connectivity index (χ0v) is 13.5. The fraction of sp³-hybridized carbons (Fsp3) is 0.389. The predicted octanol–water partition coefficient (Wildman–Crippen LogP) is 3.44. The molecule has 0 aliphatic heterocycles. The van der Waals surface area contributed by atoms with Crippen LogP contribution >= 0.6 is 0 Å². The molecule has 1 aliphatic rings. The van der Waals surface area contributed by atoms with Gasteiger partial charge in [-0.1, -0.05) is 12.8 Å². The lowest BCUT2D eigenvalue weighted by Gasteiger charge is -2.34. The van der Waals surface area contributed by atoms with Crippen LogP contribution in [0.1, 0.15) is 31.2 Å². The Morgan fingerprint density at radius 3 is 2.62 bits per heavy atom. The summed E-state index contributed by atoms with van der Waals surface area (Å²) in [5.74, 6) is 0.599. The number of benzene rings is 1. The van der Waals surface area contributed by atoms with E-state index in [1.807, 2.05) is 18.0 Å². The fourth-order valence-corrected chi connectivity index (χ4v) is 3.15. The van der Waals surface area contributed by atoms with Crippen LogP contribution in [0.3, 0.4) is 0 Å². The van der Waals surface area contributed by atoms with Crippen molar-refractivity contribution < 1.29 is 9.50 Å². The minimum Gasteiger partial charge on any atom is -0.507 e. The van der Waals surface area contributed by atoms with E-state index in [1.165, 1.54) is 6.07 Å². The summed E-state index contributed by atoms with van der Waals surface area (Å²) in [4.78, 5) is 1.85. The van der Waals surface area contributed by atoms with E-state index in [0.717, 1.165) is 19.3 Å². The van der Waals surface area contributed by atoms with Crippen molar-refractivity contribution >= 4 is 5.82 Å². The molecule has 0 radical (unpaired) electrons. The molecule has 0 bridgehead atoms. The SMILES string of the molecule is CN(c1ccc(-c2ccc(C#N)cc2O)nn1)[C@H]1CCCC[C@H]1F. The smallest absolute Gasteiger partial charge is 0.151 e.